The van der Waals surface area contributed by atoms with Gasteiger partial charge in [-0.1, -0.05) is 30.3 Å². The second-order valence-corrected chi connectivity index (χ2v) is 5.50. The van der Waals surface area contributed by atoms with Crippen molar-refractivity contribution in [1.82, 2.24) is 19.9 Å². The Morgan fingerprint density at radius 3 is 2.77 bits per heavy atom. The fraction of sp³-hybridized carbons (Fsp3) is 0.176. The van der Waals surface area contributed by atoms with Gasteiger partial charge in [-0.2, -0.15) is 0 Å². The molecule has 2 aromatic heterocycles. The molecule has 0 fully saturated rings. The van der Waals surface area contributed by atoms with Crippen molar-refractivity contribution in [3.63, 3.8) is 0 Å². The Morgan fingerprint density at radius 1 is 1.14 bits per heavy atom. The van der Waals surface area contributed by atoms with Gasteiger partial charge in [0.25, 0.3) is 5.91 Å². The minimum Gasteiger partial charge on any atom is -0.357 e. The maximum atomic E-state index is 12.6. The number of nitrogens with one attached hydrogen (secondary N) is 2. The third-order valence-electron chi connectivity index (χ3n) is 4.15. The van der Waals surface area contributed by atoms with E-state index in [-0.39, 0.29) is 11.8 Å². The van der Waals surface area contributed by atoms with Gasteiger partial charge in [0.05, 0.1) is 24.3 Å². The Morgan fingerprint density at radius 2 is 2.00 bits per heavy atom. The van der Waals surface area contributed by atoms with E-state index in [1.54, 1.807) is 12.5 Å². The molecular formula is C17H16N4O. The minimum atomic E-state index is 0.0196. The van der Waals surface area contributed by atoms with Crippen molar-refractivity contribution in [2.75, 3.05) is 6.54 Å². The monoisotopic (exact) mass is 292 g/mol. The molecule has 1 aromatic carbocycles. The number of benzene rings is 1. The summed E-state index contributed by atoms with van der Waals surface area (Å²) in [5, 5.41) is 0. The molecule has 0 spiro atoms. The summed E-state index contributed by atoms with van der Waals surface area (Å²) in [7, 11) is 0. The van der Waals surface area contributed by atoms with Gasteiger partial charge >= 0.3 is 0 Å². The zero-order valence-corrected chi connectivity index (χ0v) is 12.0. The zero-order chi connectivity index (χ0) is 14.9. The maximum Gasteiger partial charge on any atom is 0.270 e. The first kappa shape index (κ1) is 12.9. The molecule has 0 bridgehead atoms. The minimum absolute atomic E-state index is 0.0196. The van der Waals surface area contributed by atoms with E-state index in [2.05, 4.69) is 27.1 Å². The summed E-state index contributed by atoms with van der Waals surface area (Å²) in [6.07, 6.45) is 3.48. The van der Waals surface area contributed by atoms with E-state index in [4.69, 9.17) is 0 Å². The van der Waals surface area contributed by atoms with Crippen LogP contribution in [-0.2, 0) is 6.54 Å². The topological polar surface area (TPSA) is 64.8 Å². The summed E-state index contributed by atoms with van der Waals surface area (Å²) in [6, 6.07) is 13.9. The quantitative estimate of drug-likeness (QED) is 0.762. The first-order valence-electron chi connectivity index (χ1n) is 7.32. The number of fused-ring (bicyclic) bond motifs is 1. The zero-order valence-electron chi connectivity index (χ0n) is 12.0. The largest absolute Gasteiger partial charge is 0.357 e. The molecule has 22 heavy (non-hydrogen) atoms. The van der Waals surface area contributed by atoms with Crippen molar-refractivity contribution >= 4 is 5.91 Å². The normalized spacial score (nSPS) is 17.3. The molecule has 0 aliphatic carbocycles. The smallest absolute Gasteiger partial charge is 0.270 e. The first-order valence-corrected chi connectivity index (χ1v) is 7.32. The van der Waals surface area contributed by atoms with Gasteiger partial charge in [0.2, 0.25) is 0 Å². The van der Waals surface area contributed by atoms with Crippen LogP contribution in [0.3, 0.4) is 0 Å². The molecule has 0 radical (unpaired) electrons. The Kier molecular flexibility index (Phi) is 3.04. The molecule has 5 heteroatoms. The summed E-state index contributed by atoms with van der Waals surface area (Å²) in [6.45, 7) is 1.20. The molecule has 2 N–H and O–H groups in total. The number of amides is 1. The second-order valence-electron chi connectivity index (χ2n) is 5.50. The number of carbonyl (C=O) groups excluding carboxylic acids is 1. The van der Waals surface area contributed by atoms with Crippen LogP contribution in [0.2, 0.25) is 0 Å². The maximum absolute atomic E-state index is 12.6. The molecule has 0 saturated carbocycles. The van der Waals surface area contributed by atoms with Crippen LogP contribution < -0.4 is 0 Å². The molecule has 1 amide bonds. The Hall–Kier alpha value is -2.82. The molecule has 110 valence electrons. The SMILES string of the molecule is O=C(c1ccc[nH]1)N1Cc2[nH]cnc2C(c2ccccc2)C1. The van der Waals surface area contributed by atoms with Crippen molar-refractivity contribution in [2.24, 2.45) is 0 Å². The van der Waals surface area contributed by atoms with Crippen LogP contribution in [0.1, 0.15) is 33.4 Å². The van der Waals surface area contributed by atoms with E-state index in [1.165, 1.54) is 5.56 Å². The van der Waals surface area contributed by atoms with E-state index in [0.29, 0.717) is 18.8 Å². The van der Waals surface area contributed by atoms with Crippen molar-refractivity contribution in [3.8, 4) is 0 Å². The molecule has 1 aliphatic heterocycles. The first-order chi connectivity index (χ1) is 10.8. The summed E-state index contributed by atoms with van der Waals surface area (Å²) in [4.78, 5) is 25.1. The van der Waals surface area contributed by atoms with E-state index in [9.17, 15) is 4.79 Å². The number of imidazole rings is 1. The van der Waals surface area contributed by atoms with Gasteiger partial charge in [0, 0.05) is 18.7 Å². The van der Waals surface area contributed by atoms with Crippen LogP contribution in [0, 0.1) is 0 Å². The Bertz CT molecular complexity index is 776. The number of rotatable bonds is 2. The third kappa shape index (κ3) is 2.11. The van der Waals surface area contributed by atoms with Gasteiger partial charge < -0.3 is 14.9 Å². The average molecular weight is 292 g/mol. The van der Waals surface area contributed by atoms with Crippen LogP contribution in [0.5, 0.6) is 0 Å². The molecule has 5 nitrogen and oxygen atoms in total. The van der Waals surface area contributed by atoms with Crippen LogP contribution in [-0.4, -0.2) is 32.3 Å². The van der Waals surface area contributed by atoms with Gasteiger partial charge in [-0.3, -0.25) is 4.79 Å². The van der Waals surface area contributed by atoms with Crippen LogP contribution in [0.15, 0.2) is 55.0 Å². The average Bonchev–Trinajstić information content (AvgIpc) is 3.25. The van der Waals surface area contributed by atoms with Crippen molar-refractivity contribution in [1.29, 1.82) is 0 Å². The van der Waals surface area contributed by atoms with Crippen LogP contribution in [0.25, 0.3) is 0 Å². The third-order valence-corrected chi connectivity index (χ3v) is 4.15. The number of carbonyl (C=O) groups is 1. The molecule has 3 heterocycles. The Labute approximate surface area is 128 Å². The number of H-pyrrole nitrogens is 2. The van der Waals surface area contributed by atoms with Crippen molar-refractivity contribution in [3.05, 3.63) is 77.6 Å². The van der Waals surface area contributed by atoms with Gasteiger partial charge in [0.1, 0.15) is 5.69 Å². The molecular weight excluding hydrogens is 276 g/mol. The van der Waals surface area contributed by atoms with E-state index in [0.717, 1.165) is 11.4 Å². The standard InChI is InChI=1S/C17H16N4O/c22-17(14-7-4-8-18-14)21-9-13(12-5-2-1-3-6-12)16-15(10-21)19-11-20-16/h1-8,11,13,18H,9-10H2,(H,19,20). The summed E-state index contributed by atoms with van der Waals surface area (Å²) in [5.74, 6) is 0.126. The number of nitrogens with zero attached hydrogens (tertiary/aromatic N) is 2. The van der Waals surface area contributed by atoms with Crippen LogP contribution in [0.4, 0.5) is 0 Å². The fourth-order valence-electron chi connectivity index (χ4n) is 3.06. The predicted octanol–water partition coefficient (Wildman–Crippen LogP) is 2.53. The predicted molar refractivity (Wildman–Crippen MR) is 82.4 cm³/mol. The highest BCUT2D eigenvalue weighted by atomic mass is 16.2. The molecule has 1 aliphatic rings. The lowest BCUT2D eigenvalue weighted by molar-refractivity contribution is 0.0716. The molecule has 1 atom stereocenters. The lowest BCUT2D eigenvalue weighted by Gasteiger charge is -2.32. The summed E-state index contributed by atoms with van der Waals surface area (Å²) >= 11 is 0. The van der Waals surface area contributed by atoms with E-state index >= 15 is 0 Å². The Balaban J connectivity index is 1.70. The summed E-state index contributed by atoms with van der Waals surface area (Å²) in [5.41, 5.74) is 3.86. The van der Waals surface area contributed by atoms with Gasteiger partial charge in [-0.25, -0.2) is 4.98 Å². The van der Waals surface area contributed by atoms with Crippen LogP contribution >= 0.6 is 0 Å². The lowest BCUT2D eigenvalue weighted by Crippen LogP contribution is -2.38. The van der Waals surface area contributed by atoms with Gasteiger partial charge in [0.15, 0.2) is 0 Å². The number of hydrogen-bond acceptors (Lipinski definition) is 2. The highest BCUT2D eigenvalue weighted by molar-refractivity contribution is 5.92. The van der Waals surface area contributed by atoms with Gasteiger partial charge in [-0.05, 0) is 17.7 Å². The van der Waals surface area contributed by atoms with Crippen molar-refractivity contribution < 1.29 is 4.79 Å². The number of aromatic amines is 2. The number of aromatic nitrogens is 3. The van der Waals surface area contributed by atoms with E-state index < -0.39 is 0 Å². The van der Waals surface area contributed by atoms with E-state index in [1.807, 2.05) is 35.2 Å². The van der Waals surface area contributed by atoms with Gasteiger partial charge in [-0.15, -0.1) is 0 Å². The lowest BCUT2D eigenvalue weighted by atomic mass is 9.91. The molecule has 1 unspecified atom stereocenters. The number of hydrogen-bond donors (Lipinski definition) is 2. The summed E-state index contributed by atoms with van der Waals surface area (Å²) < 4.78 is 0. The highest BCUT2D eigenvalue weighted by Crippen LogP contribution is 2.31. The van der Waals surface area contributed by atoms with Crippen molar-refractivity contribution in [2.45, 2.75) is 12.5 Å². The highest BCUT2D eigenvalue weighted by Gasteiger charge is 2.31. The molecule has 3 aromatic rings. The molecule has 4 rings (SSSR count). The molecule has 0 saturated heterocycles. The second kappa shape index (κ2) is 5.18. The fourth-order valence-corrected chi connectivity index (χ4v) is 3.06.